The van der Waals surface area contributed by atoms with Crippen LogP contribution in [0.4, 0.5) is 0 Å². The molecule has 3 nitrogen and oxygen atoms in total. The van der Waals surface area contributed by atoms with Gasteiger partial charge in [-0.15, -0.1) is 11.3 Å². The van der Waals surface area contributed by atoms with Gasteiger partial charge < -0.3 is 4.98 Å². The summed E-state index contributed by atoms with van der Waals surface area (Å²) in [6.07, 6.45) is 5.77. The number of H-pyrrole nitrogens is 1. The molecule has 1 aromatic carbocycles. The highest BCUT2D eigenvalue weighted by Gasteiger charge is 2.19. The van der Waals surface area contributed by atoms with E-state index in [1.54, 1.807) is 11.3 Å². The summed E-state index contributed by atoms with van der Waals surface area (Å²) in [5.74, 6) is 0.687. The average Bonchev–Trinajstić information content (AvgIpc) is 2.70. The number of aromatic amines is 1. The zero-order chi connectivity index (χ0) is 15.1. The summed E-state index contributed by atoms with van der Waals surface area (Å²) in [6.45, 7) is 2.04. The van der Waals surface area contributed by atoms with E-state index in [9.17, 15) is 4.79 Å². The van der Waals surface area contributed by atoms with Gasteiger partial charge in [-0.3, -0.25) is 4.79 Å². The van der Waals surface area contributed by atoms with Gasteiger partial charge in [-0.25, -0.2) is 4.98 Å². The number of nitrogens with zero attached hydrogens (tertiary/aromatic N) is 1. The summed E-state index contributed by atoms with van der Waals surface area (Å²) in [6, 6.07) is 8.04. The summed E-state index contributed by atoms with van der Waals surface area (Å²) >= 11 is 1.71. The van der Waals surface area contributed by atoms with Gasteiger partial charge >= 0.3 is 0 Å². The van der Waals surface area contributed by atoms with Crippen LogP contribution in [0.2, 0.25) is 0 Å². The van der Waals surface area contributed by atoms with Crippen molar-refractivity contribution in [1.29, 1.82) is 0 Å². The number of hydrogen-bond acceptors (Lipinski definition) is 3. The highest BCUT2D eigenvalue weighted by atomic mass is 32.1. The third-order valence-corrected chi connectivity index (χ3v) is 5.66. The monoisotopic (exact) mass is 310 g/mol. The van der Waals surface area contributed by atoms with Gasteiger partial charge in [-0.1, -0.05) is 30.7 Å². The van der Waals surface area contributed by atoms with Gasteiger partial charge in [0.1, 0.15) is 10.7 Å². The van der Waals surface area contributed by atoms with Crippen molar-refractivity contribution in [3.8, 4) is 11.4 Å². The van der Waals surface area contributed by atoms with E-state index in [4.69, 9.17) is 4.98 Å². The molecule has 0 fully saturated rings. The number of benzene rings is 1. The molecule has 0 bridgehead atoms. The summed E-state index contributed by atoms with van der Waals surface area (Å²) in [5, 5.41) is 0.833. The molecule has 22 heavy (non-hydrogen) atoms. The van der Waals surface area contributed by atoms with Gasteiger partial charge in [0.25, 0.3) is 5.56 Å². The van der Waals surface area contributed by atoms with Crippen LogP contribution in [0.5, 0.6) is 0 Å². The third kappa shape index (κ3) is 2.18. The Bertz CT molecular complexity index is 907. The van der Waals surface area contributed by atoms with Crippen molar-refractivity contribution in [1.82, 2.24) is 9.97 Å². The number of nitrogens with one attached hydrogen (secondary N) is 1. The molecule has 2 aromatic heterocycles. The van der Waals surface area contributed by atoms with Gasteiger partial charge in [-0.05, 0) is 43.7 Å². The fourth-order valence-corrected chi connectivity index (χ4v) is 4.57. The molecule has 3 aromatic rings. The maximum atomic E-state index is 12.6. The fraction of sp³-hybridized carbons (Fsp3) is 0.333. The van der Waals surface area contributed by atoms with Crippen LogP contribution < -0.4 is 5.56 Å². The first-order valence-electron chi connectivity index (χ1n) is 7.84. The number of thiophene rings is 1. The lowest BCUT2D eigenvalue weighted by Crippen LogP contribution is -2.10. The zero-order valence-electron chi connectivity index (χ0n) is 12.6. The van der Waals surface area contributed by atoms with Crippen molar-refractivity contribution in [2.24, 2.45) is 0 Å². The fourth-order valence-electron chi connectivity index (χ4n) is 3.31. The van der Waals surface area contributed by atoms with E-state index >= 15 is 0 Å². The van der Waals surface area contributed by atoms with Crippen molar-refractivity contribution >= 4 is 21.6 Å². The Labute approximate surface area is 133 Å². The van der Waals surface area contributed by atoms with E-state index in [2.05, 4.69) is 4.98 Å². The van der Waals surface area contributed by atoms with Crippen molar-refractivity contribution in [3.63, 3.8) is 0 Å². The molecule has 0 aliphatic heterocycles. The maximum Gasteiger partial charge on any atom is 0.260 e. The molecule has 1 aliphatic carbocycles. The SMILES string of the molecule is Cc1ccccc1-c1nc2sc3c(c2c(=O)[nH]1)CCCCC3. The second-order valence-electron chi connectivity index (χ2n) is 5.97. The molecule has 0 atom stereocenters. The Kier molecular flexibility index (Phi) is 3.34. The minimum Gasteiger partial charge on any atom is -0.306 e. The van der Waals surface area contributed by atoms with Crippen LogP contribution in [0.25, 0.3) is 21.6 Å². The van der Waals surface area contributed by atoms with Crippen LogP contribution in [0.15, 0.2) is 29.1 Å². The number of fused-ring (bicyclic) bond motifs is 3. The lowest BCUT2D eigenvalue weighted by atomic mass is 10.1. The van der Waals surface area contributed by atoms with Gasteiger partial charge in [0.15, 0.2) is 0 Å². The molecule has 1 N–H and O–H groups in total. The minimum atomic E-state index is 0.0163. The lowest BCUT2D eigenvalue weighted by Gasteiger charge is -2.05. The Morgan fingerprint density at radius 2 is 1.95 bits per heavy atom. The molecule has 0 amide bonds. The van der Waals surface area contributed by atoms with E-state index in [1.165, 1.54) is 29.7 Å². The quantitative estimate of drug-likeness (QED) is 0.684. The van der Waals surface area contributed by atoms with Crippen molar-refractivity contribution in [2.75, 3.05) is 0 Å². The lowest BCUT2D eigenvalue weighted by molar-refractivity contribution is 0.713. The van der Waals surface area contributed by atoms with E-state index in [1.807, 2.05) is 31.2 Å². The minimum absolute atomic E-state index is 0.0163. The third-order valence-electron chi connectivity index (χ3n) is 4.48. The summed E-state index contributed by atoms with van der Waals surface area (Å²) in [5.41, 5.74) is 3.40. The number of aryl methyl sites for hydroxylation is 3. The van der Waals surface area contributed by atoms with Crippen LogP contribution >= 0.6 is 11.3 Å². The summed E-state index contributed by atoms with van der Waals surface area (Å²) in [7, 11) is 0. The number of rotatable bonds is 1. The van der Waals surface area contributed by atoms with Crippen LogP contribution in [-0.2, 0) is 12.8 Å². The number of aromatic nitrogens is 2. The molecule has 0 spiro atoms. The molecule has 4 heteroatoms. The first-order chi connectivity index (χ1) is 10.7. The molecule has 0 saturated carbocycles. The molecular weight excluding hydrogens is 292 g/mol. The average molecular weight is 310 g/mol. The second kappa shape index (κ2) is 5.36. The van der Waals surface area contributed by atoms with Crippen molar-refractivity contribution in [3.05, 3.63) is 50.6 Å². The molecular formula is C18H18N2OS. The normalized spacial score (nSPS) is 14.8. The molecule has 4 rings (SSSR count). The Morgan fingerprint density at radius 3 is 2.82 bits per heavy atom. The Balaban J connectivity index is 1.95. The van der Waals surface area contributed by atoms with E-state index in [0.29, 0.717) is 5.82 Å². The Hall–Kier alpha value is -1.94. The van der Waals surface area contributed by atoms with Crippen LogP contribution in [0, 0.1) is 6.92 Å². The second-order valence-corrected chi connectivity index (χ2v) is 7.06. The van der Waals surface area contributed by atoms with Gasteiger partial charge in [0.05, 0.1) is 5.39 Å². The standard InChI is InChI=1S/C18H18N2OS/c1-11-7-5-6-8-12(11)16-19-17(21)15-13-9-3-2-4-10-14(13)22-18(15)20-16/h5-8H,2-4,9-10H2,1H3,(H,19,20,21). The van der Waals surface area contributed by atoms with Gasteiger partial charge in [0.2, 0.25) is 0 Å². The van der Waals surface area contributed by atoms with E-state index in [0.717, 1.165) is 34.2 Å². The molecule has 0 unspecified atom stereocenters. The van der Waals surface area contributed by atoms with Gasteiger partial charge in [0, 0.05) is 10.4 Å². The topological polar surface area (TPSA) is 45.8 Å². The van der Waals surface area contributed by atoms with Gasteiger partial charge in [-0.2, -0.15) is 0 Å². The molecule has 0 radical (unpaired) electrons. The molecule has 2 heterocycles. The number of hydrogen-bond donors (Lipinski definition) is 1. The molecule has 0 saturated heterocycles. The highest BCUT2D eigenvalue weighted by Crippen LogP contribution is 2.33. The van der Waals surface area contributed by atoms with Crippen LogP contribution in [0.1, 0.15) is 35.3 Å². The smallest absolute Gasteiger partial charge is 0.260 e. The van der Waals surface area contributed by atoms with E-state index in [-0.39, 0.29) is 5.56 Å². The maximum absolute atomic E-state index is 12.6. The first kappa shape index (κ1) is 13.7. The first-order valence-corrected chi connectivity index (χ1v) is 8.66. The highest BCUT2D eigenvalue weighted by molar-refractivity contribution is 7.18. The Morgan fingerprint density at radius 1 is 1.14 bits per heavy atom. The van der Waals surface area contributed by atoms with Crippen molar-refractivity contribution < 1.29 is 0 Å². The van der Waals surface area contributed by atoms with E-state index < -0.39 is 0 Å². The van der Waals surface area contributed by atoms with Crippen molar-refractivity contribution in [2.45, 2.75) is 39.0 Å². The molecule has 112 valence electrons. The predicted octanol–water partition coefficient (Wildman–Crippen LogP) is 4.23. The largest absolute Gasteiger partial charge is 0.306 e. The van der Waals surface area contributed by atoms with Crippen LogP contribution in [0.3, 0.4) is 0 Å². The zero-order valence-corrected chi connectivity index (χ0v) is 13.4. The summed E-state index contributed by atoms with van der Waals surface area (Å²) in [4.78, 5) is 22.7. The summed E-state index contributed by atoms with van der Waals surface area (Å²) < 4.78 is 0. The molecule has 1 aliphatic rings. The predicted molar refractivity (Wildman–Crippen MR) is 91.7 cm³/mol. The van der Waals surface area contributed by atoms with Crippen LogP contribution in [-0.4, -0.2) is 9.97 Å².